The van der Waals surface area contributed by atoms with E-state index in [0.717, 1.165) is 19.4 Å². The quantitative estimate of drug-likeness (QED) is 0.656. The number of hydrogen-bond acceptors (Lipinski definition) is 2. The molecule has 3 nitrogen and oxygen atoms in total. The van der Waals surface area contributed by atoms with Gasteiger partial charge in [0.1, 0.15) is 0 Å². The predicted octanol–water partition coefficient (Wildman–Crippen LogP) is 1.28. The standard InChI is InChI=1S/C10H22N2O/c1-4-8(5-2)7-12-10(13)9(11)6-3/h8-9H,4-7,11H2,1-3H3,(H,12,13)/t9-/m0/s1. The van der Waals surface area contributed by atoms with Crippen LogP contribution < -0.4 is 11.1 Å². The fourth-order valence-corrected chi connectivity index (χ4v) is 1.14. The average Bonchev–Trinajstić information content (AvgIpc) is 2.17. The maximum absolute atomic E-state index is 11.3. The van der Waals surface area contributed by atoms with Crippen LogP contribution in [0.15, 0.2) is 0 Å². The Bertz CT molecular complexity index is 144. The normalized spacial score (nSPS) is 13.0. The molecule has 3 N–H and O–H groups in total. The molecule has 0 saturated heterocycles. The Labute approximate surface area is 81.1 Å². The molecule has 0 aliphatic rings. The van der Waals surface area contributed by atoms with Gasteiger partial charge in [0.25, 0.3) is 0 Å². The molecule has 0 heterocycles. The van der Waals surface area contributed by atoms with E-state index in [1.54, 1.807) is 0 Å². The van der Waals surface area contributed by atoms with Crippen molar-refractivity contribution in [3.63, 3.8) is 0 Å². The molecule has 0 bridgehead atoms. The highest BCUT2D eigenvalue weighted by Gasteiger charge is 2.11. The Morgan fingerprint density at radius 3 is 2.15 bits per heavy atom. The summed E-state index contributed by atoms with van der Waals surface area (Å²) in [6.07, 6.45) is 2.92. The molecule has 0 aliphatic carbocycles. The van der Waals surface area contributed by atoms with Crippen LogP contribution in [0.2, 0.25) is 0 Å². The second-order valence-corrected chi connectivity index (χ2v) is 3.44. The van der Waals surface area contributed by atoms with E-state index in [4.69, 9.17) is 5.73 Å². The van der Waals surface area contributed by atoms with Gasteiger partial charge in [-0.15, -0.1) is 0 Å². The van der Waals surface area contributed by atoms with Crippen LogP contribution in [-0.2, 0) is 4.79 Å². The third-order valence-corrected chi connectivity index (χ3v) is 2.50. The van der Waals surface area contributed by atoms with Gasteiger partial charge in [-0.05, 0) is 12.3 Å². The number of nitrogens with one attached hydrogen (secondary N) is 1. The molecular formula is C10H22N2O. The lowest BCUT2D eigenvalue weighted by molar-refractivity contribution is -0.122. The summed E-state index contributed by atoms with van der Waals surface area (Å²) < 4.78 is 0. The van der Waals surface area contributed by atoms with Crippen LogP contribution in [0, 0.1) is 5.92 Å². The molecule has 13 heavy (non-hydrogen) atoms. The van der Waals surface area contributed by atoms with Crippen molar-refractivity contribution in [1.82, 2.24) is 5.32 Å². The highest BCUT2D eigenvalue weighted by molar-refractivity contribution is 5.81. The largest absolute Gasteiger partial charge is 0.354 e. The van der Waals surface area contributed by atoms with E-state index >= 15 is 0 Å². The number of hydrogen-bond donors (Lipinski definition) is 2. The molecule has 0 aromatic rings. The van der Waals surface area contributed by atoms with Crippen LogP contribution in [0.5, 0.6) is 0 Å². The van der Waals surface area contributed by atoms with Gasteiger partial charge in [-0.25, -0.2) is 0 Å². The van der Waals surface area contributed by atoms with Crippen molar-refractivity contribution >= 4 is 5.91 Å². The van der Waals surface area contributed by atoms with Crippen molar-refractivity contribution in [2.24, 2.45) is 11.7 Å². The molecule has 0 rings (SSSR count). The van der Waals surface area contributed by atoms with E-state index in [1.165, 1.54) is 0 Å². The van der Waals surface area contributed by atoms with E-state index < -0.39 is 0 Å². The topological polar surface area (TPSA) is 55.1 Å². The van der Waals surface area contributed by atoms with Crippen LogP contribution in [0.1, 0.15) is 40.0 Å². The number of carbonyl (C=O) groups is 1. The lowest BCUT2D eigenvalue weighted by Crippen LogP contribution is -2.41. The minimum Gasteiger partial charge on any atom is -0.354 e. The van der Waals surface area contributed by atoms with Gasteiger partial charge in [0.05, 0.1) is 6.04 Å². The maximum atomic E-state index is 11.3. The zero-order chi connectivity index (χ0) is 10.3. The fraction of sp³-hybridized carbons (Fsp3) is 0.900. The Balaban J connectivity index is 3.68. The number of amides is 1. The zero-order valence-electron chi connectivity index (χ0n) is 8.97. The lowest BCUT2D eigenvalue weighted by atomic mass is 10.0. The molecule has 0 aliphatic heterocycles. The number of carbonyl (C=O) groups excluding carboxylic acids is 1. The van der Waals surface area contributed by atoms with E-state index in [-0.39, 0.29) is 11.9 Å². The van der Waals surface area contributed by atoms with E-state index in [9.17, 15) is 4.79 Å². The summed E-state index contributed by atoms with van der Waals surface area (Å²) >= 11 is 0. The minimum atomic E-state index is -0.339. The van der Waals surface area contributed by atoms with Gasteiger partial charge < -0.3 is 11.1 Å². The van der Waals surface area contributed by atoms with Gasteiger partial charge >= 0.3 is 0 Å². The summed E-state index contributed by atoms with van der Waals surface area (Å²) in [5.41, 5.74) is 5.57. The average molecular weight is 186 g/mol. The van der Waals surface area contributed by atoms with Gasteiger partial charge in [-0.1, -0.05) is 33.6 Å². The number of nitrogens with two attached hydrogens (primary N) is 1. The third kappa shape index (κ3) is 4.88. The van der Waals surface area contributed by atoms with Gasteiger partial charge in [0.2, 0.25) is 5.91 Å². The van der Waals surface area contributed by atoms with Crippen molar-refractivity contribution in [3.05, 3.63) is 0 Å². The molecule has 0 aromatic carbocycles. The van der Waals surface area contributed by atoms with Crippen molar-refractivity contribution in [2.45, 2.75) is 46.1 Å². The summed E-state index contributed by atoms with van der Waals surface area (Å²) in [6, 6.07) is -0.339. The molecule has 78 valence electrons. The van der Waals surface area contributed by atoms with Crippen LogP contribution in [0.3, 0.4) is 0 Å². The van der Waals surface area contributed by atoms with Gasteiger partial charge in [-0.2, -0.15) is 0 Å². The molecule has 0 radical (unpaired) electrons. The monoisotopic (exact) mass is 186 g/mol. The van der Waals surface area contributed by atoms with Gasteiger partial charge in [0, 0.05) is 6.54 Å². The highest BCUT2D eigenvalue weighted by Crippen LogP contribution is 2.05. The predicted molar refractivity (Wildman–Crippen MR) is 55.3 cm³/mol. The Morgan fingerprint density at radius 1 is 1.23 bits per heavy atom. The first-order valence-corrected chi connectivity index (χ1v) is 5.18. The zero-order valence-corrected chi connectivity index (χ0v) is 8.97. The molecule has 0 fully saturated rings. The van der Waals surface area contributed by atoms with E-state index in [2.05, 4.69) is 19.2 Å². The molecular weight excluding hydrogens is 164 g/mol. The Morgan fingerprint density at radius 2 is 1.77 bits per heavy atom. The summed E-state index contributed by atoms with van der Waals surface area (Å²) in [5, 5.41) is 2.87. The van der Waals surface area contributed by atoms with Crippen LogP contribution in [-0.4, -0.2) is 18.5 Å². The third-order valence-electron chi connectivity index (χ3n) is 2.50. The molecule has 0 unspecified atom stereocenters. The van der Waals surface area contributed by atoms with Gasteiger partial charge in [0.15, 0.2) is 0 Å². The van der Waals surface area contributed by atoms with Crippen LogP contribution in [0.25, 0.3) is 0 Å². The summed E-state index contributed by atoms with van der Waals surface area (Å²) in [7, 11) is 0. The molecule has 0 aromatic heterocycles. The molecule has 0 spiro atoms. The maximum Gasteiger partial charge on any atom is 0.236 e. The molecule has 1 atom stereocenters. The van der Waals surface area contributed by atoms with Crippen molar-refractivity contribution < 1.29 is 4.79 Å². The summed E-state index contributed by atoms with van der Waals surface area (Å²) in [5.74, 6) is 0.572. The summed E-state index contributed by atoms with van der Waals surface area (Å²) in [6.45, 7) is 6.96. The molecule has 0 saturated carbocycles. The van der Waals surface area contributed by atoms with Crippen molar-refractivity contribution in [2.75, 3.05) is 6.54 Å². The molecule has 1 amide bonds. The summed E-state index contributed by atoms with van der Waals surface area (Å²) in [4.78, 5) is 11.3. The first-order chi connectivity index (χ1) is 6.15. The van der Waals surface area contributed by atoms with Crippen molar-refractivity contribution in [3.8, 4) is 0 Å². The second kappa shape index (κ2) is 6.89. The van der Waals surface area contributed by atoms with Crippen molar-refractivity contribution in [1.29, 1.82) is 0 Å². The number of rotatable bonds is 6. The fourth-order valence-electron chi connectivity index (χ4n) is 1.14. The SMILES string of the molecule is CCC(CC)CNC(=O)[C@@H](N)CC. The smallest absolute Gasteiger partial charge is 0.236 e. The van der Waals surface area contributed by atoms with E-state index in [0.29, 0.717) is 12.3 Å². The Hall–Kier alpha value is -0.570. The Kier molecular flexibility index (Phi) is 6.59. The van der Waals surface area contributed by atoms with E-state index in [1.807, 2.05) is 6.92 Å². The van der Waals surface area contributed by atoms with Crippen LogP contribution in [0.4, 0.5) is 0 Å². The van der Waals surface area contributed by atoms with Gasteiger partial charge in [-0.3, -0.25) is 4.79 Å². The highest BCUT2D eigenvalue weighted by atomic mass is 16.2. The first-order valence-electron chi connectivity index (χ1n) is 5.18. The first kappa shape index (κ1) is 12.4. The van der Waals surface area contributed by atoms with Crippen LogP contribution >= 0.6 is 0 Å². The second-order valence-electron chi connectivity index (χ2n) is 3.44. The lowest BCUT2D eigenvalue weighted by Gasteiger charge is -2.15. The molecule has 3 heteroatoms. The minimum absolute atomic E-state index is 0.0191.